The van der Waals surface area contributed by atoms with E-state index in [1.54, 1.807) is 23.0 Å². The third kappa shape index (κ3) is 4.54. The molecule has 3 aromatic rings. The Labute approximate surface area is 169 Å². The van der Waals surface area contributed by atoms with E-state index in [1.807, 2.05) is 50.7 Å². The van der Waals surface area contributed by atoms with E-state index in [1.165, 1.54) is 0 Å². The summed E-state index contributed by atoms with van der Waals surface area (Å²) in [6.45, 7) is 8.81. The average molecular weight is 402 g/mol. The Bertz CT molecular complexity index is 979. The monoisotopic (exact) mass is 401 g/mol. The summed E-state index contributed by atoms with van der Waals surface area (Å²) in [7, 11) is 0. The van der Waals surface area contributed by atoms with Crippen LogP contribution in [0.1, 0.15) is 47.2 Å². The number of amides is 1. The zero-order chi connectivity index (χ0) is 20.3. The van der Waals surface area contributed by atoms with Crippen molar-refractivity contribution in [3.05, 3.63) is 64.2 Å². The standard InChI is InChI=1S/C20H24ClN5O2/c1-5-25-11-16(15(4)23-25)14(3)22-20(27)18-8-9-26(24-18)12-28-19-10-13(2)6-7-17(19)21/h6-11,14H,5,12H2,1-4H3,(H,22,27). The van der Waals surface area contributed by atoms with Gasteiger partial charge in [-0.2, -0.15) is 10.2 Å². The Morgan fingerprint density at radius 3 is 2.75 bits per heavy atom. The Morgan fingerprint density at radius 2 is 2.04 bits per heavy atom. The highest BCUT2D eigenvalue weighted by atomic mass is 35.5. The highest BCUT2D eigenvalue weighted by Gasteiger charge is 2.17. The summed E-state index contributed by atoms with van der Waals surface area (Å²) in [5.41, 5.74) is 3.28. The van der Waals surface area contributed by atoms with Crippen LogP contribution in [-0.2, 0) is 13.3 Å². The maximum Gasteiger partial charge on any atom is 0.272 e. The van der Waals surface area contributed by atoms with Crippen molar-refractivity contribution in [3.8, 4) is 5.75 Å². The van der Waals surface area contributed by atoms with E-state index in [0.29, 0.717) is 16.5 Å². The second-order valence-electron chi connectivity index (χ2n) is 6.67. The molecule has 1 N–H and O–H groups in total. The summed E-state index contributed by atoms with van der Waals surface area (Å²) in [5.74, 6) is 0.337. The lowest BCUT2D eigenvalue weighted by Gasteiger charge is -2.12. The van der Waals surface area contributed by atoms with E-state index in [4.69, 9.17) is 16.3 Å². The third-order valence-electron chi connectivity index (χ3n) is 4.43. The van der Waals surface area contributed by atoms with Crippen molar-refractivity contribution in [3.63, 3.8) is 0 Å². The highest BCUT2D eigenvalue weighted by molar-refractivity contribution is 6.32. The van der Waals surface area contributed by atoms with Crippen LogP contribution in [-0.4, -0.2) is 25.5 Å². The number of nitrogens with one attached hydrogen (secondary N) is 1. The fourth-order valence-electron chi connectivity index (χ4n) is 2.88. The van der Waals surface area contributed by atoms with Gasteiger partial charge in [0.25, 0.3) is 5.91 Å². The highest BCUT2D eigenvalue weighted by Crippen LogP contribution is 2.25. The van der Waals surface area contributed by atoms with Gasteiger partial charge in [0.2, 0.25) is 0 Å². The number of benzene rings is 1. The zero-order valence-corrected chi connectivity index (χ0v) is 17.2. The van der Waals surface area contributed by atoms with E-state index in [9.17, 15) is 4.79 Å². The first-order valence-electron chi connectivity index (χ1n) is 9.14. The van der Waals surface area contributed by atoms with Crippen molar-refractivity contribution in [2.45, 2.75) is 47.0 Å². The quantitative estimate of drug-likeness (QED) is 0.651. The number of nitrogens with zero attached hydrogens (tertiary/aromatic N) is 4. The van der Waals surface area contributed by atoms with Gasteiger partial charge in [0, 0.05) is 24.5 Å². The molecule has 2 heterocycles. The molecule has 0 bridgehead atoms. The van der Waals surface area contributed by atoms with Crippen LogP contribution in [0, 0.1) is 13.8 Å². The molecule has 2 aromatic heterocycles. The maximum absolute atomic E-state index is 12.5. The molecule has 0 saturated heterocycles. The SMILES string of the molecule is CCn1cc(C(C)NC(=O)c2ccn(COc3cc(C)ccc3Cl)n2)c(C)n1. The van der Waals surface area contributed by atoms with Crippen LogP contribution in [0.5, 0.6) is 5.75 Å². The third-order valence-corrected chi connectivity index (χ3v) is 4.75. The fraction of sp³-hybridized carbons (Fsp3) is 0.350. The molecular weight excluding hydrogens is 378 g/mol. The van der Waals surface area contributed by atoms with Crippen LogP contribution in [0.4, 0.5) is 0 Å². The molecule has 0 spiro atoms. The molecule has 1 unspecified atom stereocenters. The summed E-state index contributed by atoms with van der Waals surface area (Å²) >= 11 is 6.13. The predicted molar refractivity (Wildman–Crippen MR) is 108 cm³/mol. The van der Waals surface area contributed by atoms with Crippen LogP contribution in [0.15, 0.2) is 36.7 Å². The molecule has 0 aliphatic carbocycles. The van der Waals surface area contributed by atoms with E-state index in [2.05, 4.69) is 15.5 Å². The number of halogens is 1. The molecule has 28 heavy (non-hydrogen) atoms. The van der Waals surface area contributed by atoms with Gasteiger partial charge in [0.1, 0.15) is 11.4 Å². The molecule has 0 aliphatic heterocycles. The van der Waals surface area contributed by atoms with Gasteiger partial charge in [0.05, 0.1) is 16.8 Å². The minimum absolute atomic E-state index is 0.161. The van der Waals surface area contributed by atoms with Crippen LogP contribution in [0.25, 0.3) is 0 Å². The number of carbonyl (C=O) groups is 1. The fourth-order valence-corrected chi connectivity index (χ4v) is 3.05. The lowest BCUT2D eigenvalue weighted by Crippen LogP contribution is -2.27. The average Bonchev–Trinajstić information content (AvgIpc) is 3.29. The first-order valence-corrected chi connectivity index (χ1v) is 9.52. The largest absolute Gasteiger partial charge is 0.470 e. The molecule has 3 rings (SSSR count). The van der Waals surface area contributed by atoms with Gasteiger partial charge in [-0.25, -0.2) is 4.68 Å². The van der Waals surface area contributed by atoms with Crippen molar-refractivity contribution < 1.29 is 9.53 Å². The van der Waals surface area contributed by atoms with Crippen molar-refractivity contribution >= 4 is 17.5 Å². The number of hydrogen-bond acceptors (Lipinski definition) is 4. The van der Waals surface area contributed by atoms with Gasteiger partial charge in [-0.1, -0.05) is 17.7 Å². The summed E-state index contributed by atoms with van der Waals surface area (Å²) < 4.78 is 9.11. The molecule has 0 aliphatic rings. The molecular formula is C20H24ClN5O2. The molecule has 0 fully saturated rings. The van der Waals surface area contributed by atoms with Crippen molar-refractivity contribution in [1.29, 1.82) is 0 Å². The minimum atomic E-state index is -0.247. The number of hydrogen-bond donors (Lipinski definition) is 1. The molecule has 0 saturated carbocycles. The molecule has 1 amide bonds. The minimum Gasteiger partial charge on any atom is -0.470 e. The number of ether oxygens (including phenoxy) is 1. The Kier molecular flexibility index (Phi) is 6.04. The van der Waals surface area contributed by atoms with Gasteiger partial charge < -0.3 is 10.1 Å². The van der Waals surface area contributed by atoms with Gasteiger partial charge in [-0.05, 0) is 51.5 Å². The summed E-state index contributed by atoms with van der Waals surface area (Å²) in [6, 6.07) is 7.06. The van der Waals surface area contributed by atoms with Crippen LogP contribution in [0.2, 0.25) is 5.02 Å². The van der Waals surface area contributed by atoms with E-state index in [0.717, 1.165) is 23.4 Å². The Balaban J connectivity index is 1.62. The molecule has 7 nitrogen and oxygen atoms in total. The number of carbonyl (C=O) groups excluding carboxylic acids is 1. The Morgan fingerprint density at radius 1 is 1.25 bits per heavy atom. The van der Waals surface area contributed by atoms with Crippen LogP contribution in [0.3, 0.4) is 0 Å². The first-order chi connectivity index (χ1) is 13.4. The normalized spacial score (nSPS) is 12.0. The molecule has 0 radical (unpaired) electrons. The van der Waals surface area contributed by atoms with E-state index >= 15 is 0 Å². The summed E-state index contributed by atoms with van der Waals surface area (Å²) in [5, 5.41) is 12.2. The van der Waals surface area contributed by atoms with Crippen molar-refractivity contribution in [2.24, 2.45) is 0 Å². The van der Waals surface area contributed by atoms with Gasteiger partial charge in [-0.15, -0.1) is 0 Å². The van der Waals surface area contributed by atoms with Crippen LogP contribution < -0.4 is 10.1 Å². The van der Waals surface area contributed by atoms with Gasteiger partial charge >= 0.3 is 0 Å². The number of aryl methyl sites for hydroxylation is 3. The van der Waals surface area contributed by atoms with Gasteiger partial charge in [-0.3, -0.25) is 9.48 Å². The zero-order valence-electron chi connectivity index (χ0n) is 16.4. The van der Waals surface area contributed by atoms with Crippen molar-refractivity contribution in [1.82, 2.24) is 24.9 Å². The van der Waals surface area contributed by atoms with Crippen LogP contribution >= 0.6 is 11.6 Å². The first kappa shape index (κ1) is 19.9. The molecule has 148 valence electrons. The summed E-state index contributed by atoms with van der Waals surface area (Å²) in [4.78, 5) is 12.5. The summed E-state index contributed by atoms with van der Waals surface area (Å²) in [6.07, 6.45) is 3.65. The van der Waals surface area contributed by atoms with E-state index < -0.39 is 0 Å². The topological polar surface area (TPSA) is 74.0 Å². The smallest absolute Gasteiger partial charge is 0.272 e. The molecule has 1 aromatic carbocycles. The van der Waals surface area contributed by atoms with Gasteiger partial charge in [0.15, 0.2) is 6.73 Å². The van der Waals surface area contributed by atoms with E-state index in [-0.39, 0.29) is 18.7 Å². The Hall–Kier alpha value is -2.80. The number of rotatable bonds is 7. The van der Waals surface area contributed by atoms with Crippen molar-refractivity contribution in [2.75, 3.05) is 0 Å². The number of aromatic nitrogens is 4. The molecule has 8 heteroatoms. The second-order valence-corrected chi connectivity index (χ2v) is 7.08. The second kappa shape index (κ2) is 8.48. The predicted octanol–water partition coefficient (Wildman–Crippen LogP) is 3.90. The lowest BCUT2D eigenvalue weighted by atomic mass is 10.1. The maximum atomic E-state index is 12.5. The molecule has 1 atom stereocenters. The lowest BCUT2D eigenvalue weighted by molar-refractivity contribution is 0.0932.